The summed E-state index contributed by atoms with van der Waals surface area (Å²) in [5, 5.41) is 4.77. The van der Waals surface area contributed by atoms with Gasteiger partial charge >= 0.3 is 0 Å². The van der Waals surface area contributed by atoms with Crippen molar-refractivity contribution in [1.29, 1.82) is 0 Å². The second-order valence-electron chi connectivity index (χ2n) is 4.21. The summed E-state index contributed by atoms with van der Waals surface area (Å²) in [6, 6.07) is 5.80. The average Bonchev–Trinajstić information content (AvgIpc) is 2.81. The highest BCUT2D eigenvalue weighted by molar-refractivity contribution is 9.10. The van der Waals surface area contributed by atoms with Crippen LogP contribution in [0.4, 0.5) is 5.69 Å². The standard InChI is InChI=1S/C14H14BrNO2S/c1-8-6-9(2)12(10(15)7-8)16-14(17)13-11(18-3)4-5-19-13/h4-7H,1-3H3,(H,16,17). The predicted molar refractivity (Wildman–Crippen MR) is 82.4 cm³/mol. The highest BCUT2D eigenvalue weighted by Gasteiger charge is 2.16. The van der Waals surface area contributed by atoms with Crippen LogP contribution in [0.15, 0.2) is 28.1 Å². The SMILES string of the molecule is COc1ccsc1C(=O)Nc1c(C)cc(C)cc1Br. The summed E-state index contributed by atoms with van der Waals surface area (Å²) < 4.78 is 6.04. The van der Waals surface area contributed by atoms with Gasteiger partial charge in [-0.3, -0.25) is 4.79 Å². The number of carbonyl (C=O) groups excluding carboxylic acids is 1. The molecule has 19 heavy (non-hydrogen) atoms. The zero-order valence-corrected chi connectivity index (χ0v) is 13.3. The fraction of sp³-hybridized carbons (Fsp3) is 0.214. The number of halogens is 1. The molecule has 1 N–H and O–H groups in total. The van der Waals surface area contributed by atoms with Crippen LogP contribution in [0.1, 0.15) is 20.8 Å². The molecule has 5 heteroatoms. The molecule has 0 radical (unpaired) electrons. The Hall–Kier alpha value is -1.33. The number of nitrogens with one attached hydrogen (secondary N) is 1. The molecule has 0 spiro atoms. The summed E-state index contributed by atoms with van der Waals surface area (Å²) in [6.45, 7) is 3.99. The van der Waals surface area contributed by atoms with Gasteiger partial charge < -0.3 is 10.1 Å². The van der Waals surface area contributed by atoms with E-state index >= 15 is 0 Å². The molecule has 0 aliphatic carbocycles. The smallest absolute Gasteiger partial charge is 0.269 e. The summed E-state index contributed by atoms with van der Waals surface area (Å²) in [5.41, 5.74) is 2.97. The number of benzene rings is 1. The molecule has 2 rings (SSSR count). The van der Waals surface area contributed by atoms with Crippen LogP contribution in [-0.2, 0) is 0 Å². The fourth-order valence-corrected chi connectivity index (χ4v) is 3.39. The number of amides is 1. The summed E-state index contributed by atoms with van der Waals surface area (Å²) in [4.78, 5) is 12.8. The lowest BCUT2D eigenvalue weighted by atomic mass is 10.1. The second kappa shape index (κ2) is 5.75. The minimum absolute atomic E-state index is 0.153. The molecule has 2 aromatic rings. The van der Waals surface area contributed by atoms with Gasteiger partial charge in [-0.1, -0.05) is 6.07 Å². The number of rotatable bonds is 3. The Labute approximate surface area is 124 Å². The number of hydrogen-bond donors (Lipinski definition) is 1. The normalized spacial score (nSPS) is 10.3. The molecule has 0 bridgehead atoms. The van der Waals surface area contributed by atoms with Gasteiger partial charge in [0.1, 0.15) is 10.6 Å². The van der Waals surface area contributed by atoms with Gasteiger partial charge in [0, 0.05) is 4.47 Å². The zero-order valence-electron chi connectivity index (χ0n) is 10.9. The van der Waals surface area contributed by atoms with E-state index in [0.29, 0.717) is 10.6 Å². The van der Waals surface area contributed by atoms with Crippen molar-refractivity contribution in [3.8, 4) is 5.75 Å². The summed E-state index contributed by atoms with van der Waals surface area (Å²) in [6.07, 6.45) is 0. The van der Waals surface area contributed by atoms with E-state index in [-0.39, 0.29) is 5.91 Å². The van der Waals surface area contributed by atoms with Crippen LogP contribution in [0.25, 0.3) is 0 Å². The van der Waals surface area contributed by atoms with Crippen LogP contribution in [0, 0.1) is 13.8 Å². The maximum Gasteiger partial charge on any atom is 0.269 e. The van der Waals surface area contributed by atoms with Crippen molar-refractivity contribution >= 4 is 38.9 Å². The van der Waals surface area contributed by atoms with Crippen molar-refractivity contribution < 1.29 is 9.53 Å². The van der Waals surface area contributed by atoms with Crippen LogP contribution in [0.3, 0.4) is 0 Å². The maximum atomic E-state index is 12.2. The Morgan fingerprint density at radius 3 is 2.74 bits per heavy atom. The lowest BCUT2D eigenvalue weighted by Gasteiger charge is -2.11. The first-order valence-electron chi connectivity index (χ1n) is 5.72. The third-order valence-electron chi connectivity index (χ3n) is 2.73. The quantitative estimate of drug-likeness (QED) is 0.900. The third-order valence-corrected chi connectivity index (χ3v) is 4.25. The number of aryl methyl sites for hydroxylation is 2. The first-order chi connectivity index (χ1) is 9.02. The molecule has 0 unspecified atom stereocenters. The maximum absolute atomic E-state index is 12.2. The number of hydrogen-bond acceptors (Lipinski definition) is 3. The van der Waals surface area contributed by atoms with E-state index in [2.05, 4.69) is 21.2 Å². The van der Waals surface area contributed by atoms with Gasteiger partial charge in [-0.05, 0) is 58.4 Å². The highest BCUT2D eigenvalue weighted by atomic mass is 79.9. The minimum atomic E-state index is -0.153. The molecule has 1 aromatic heterocycles. The summed E-state index contributed by atoms with van der Waals surface area (Å²) in [7, 11) is 1.56. The fourth-order valence-electron chi connectivity index (χ4n) is 1.87. The van der Waals surface area contributed by atoms with E-state index < -0.39 is 0 Å². The van der Waals surface area contributed by atoms with E-state index in [1.807, 2.05) is 31.4 Å². The number of carbonyl (C=O) groups is 1. The van der Waals surface area contributed by atoms with Crippen LogP contribution >= 0.6 is 27.3 Å². The van der Waals surface area contributed by atoms with Crippen molar-refractivity contribution in [3.63, 3.8) is 0 Å². The van der Waals surface area contributed by atoms with Gasteiger partial charge in [-0.15, -0.1) is 11.3 Å². The largest absolute Gasteiger partial charge is 0.495 e. The van der Waals surface area contributed by atoms with Gasteiger partial charge in [0.2, 0.25) is 0 Å². The lowest BCUT2D eigenvalue weighted by molar-refractivity contribution is 0.102. The molecule has 0 saturated carbocycles. The molecule has 3 nitrogen and oxygen atoms in total. The molecule has 0 aliphatic heterocycles. The number of anilines is 1. The minimum Gasteiger partial charge on any atom is -0.495 e. The van der Waals surface area contributed by atoms with Crippen molar-refractivity contribution in [2.45, 2.75) is 13.8 Å². The van der Waals surface area contributed by atoms with Crippen LogP contribution in [0.5, 0.6) is 5.75 Å². The Balaban J connectivity index is 2.29. The van der Waals surface area contributed by atoms with E-state index in [1.165, 1.54) is 11.3 Å². The van der Waals surface area contributed by atoms with Crippen LogP contribution in [-0.4, -0.2) is 13.0 Å². The molecular weight excluding hydrogens is 326 g/mol. The molecule has 100 valence electrons. The Morgan fingerprint density at radius 1 is 1.37 bits per heavy atom. The van der Waals surface area contributed by atoms with Crippen LogP contribution < -0.4 is 10.1 Å². The Kier molecular flexibility index (Phi) is 4.27. The van der Waals surface area contributed by atoms with Crippen molar-refractivity contribution in [2.24, 2.45) is 0 Å². The van der Waals surface area contributed by atoms with Gasteiger partial charge in [0.05, 0.1) is 12.8 Å². The predicted octanol–water partition coefficient (Wildman–Crippen LogP) is 4.39. The Morgan fingerprint density at radius 2 is 2.11 bits per heavy atom. The molecule has 1 aromatic carbocycles. The topological polar surface area (TPSA) is 38.3 Å². The van der Waals surface area contributed by atoms with Crippen molar-refractivity contribution in [1.82, 2.24) is 0 Å². The van der Waals surface area contributed by atoms with Gasteiger partial charge in [0.15, 0.2) is 0 Å². The number of ether oxygens (including phenoxy) is 1. The van der Waals surface area contributed by atoms with E-state index in [0.717, 1.165) is 21.3 Å². The lowest BCUT2D eigenvalue weighted by Crippen LogP contribution is -2.12. The zero-order chi connectivity index (χ0) is 14.0. The molecule has 1 amide bonds. The average molecular weight is 340 g/mol. The van der Waals surface area contributed by atoms with Crippen LogP contribution in [0.2, 0.25) is 0 Å². The summed E-state index contributed by atoms with van der Waals surface area (Å²) in [5.74, 6) is 0.447. The summed E-state index contributed by atoms with van der Waals surface area (Å²) >= 11 is 4.85. The van der Waals surface area contributed by atoms with E-state index in [1.54, 1.807) is 13.2 Å². The van der Waals surface area contributed by atoms with E-state index in [4.69, 9.17) is 4.74 Å². The molecule has 0 aliphatic rings. The molecular formula is C14H14BrNO2S. The molecule has 1 heterocycles. The number of methoxy groups -OCH3 is 1. The van der Waals surface area contributed by atoms with Gasteiger partial charge in [-0.25, -0.2) is 0 Å². The van der Waals surface area contributed by atoms with E-state index in [9.17, 15) is 4.79 Å². The monoisotopic (exact) mass is 339 g/mol. The van der Waals surface area contributed by atoms with Gasteiger partial charge in [0.25, 0.3) is 5.91 Å². The third kappa shape index (κ3) is 2.98. The van der Waals surface area contributed by atoms with Crippen molar-refractivity contribution in [2.75, 3.05) is 12.4 Å². The first kappa shape index (κ1) is 14.1. The molecule has 0 saturated heterocycles. The van der Waals surface area contributed by atoms with Crippen molar-refractivity contribution in [3.05, 3.63) is 44.1 Å². The second-order valence-corrected chi connectivity index (χ2v) is 5.98. The Bertz CT molecular complexity index is 599. The highest BCUT2D eigenvalue weighted by Crippen LogP contribution is 2.30. The van der Waals surface area contributed by atoms with Gasteiger partial charge in [-0.2, -0.15) is 0 Å². The molecule has 0 atom stereocenters. The molecule has 0 fully saturated rings. The number of thiophene rings is 1. The first-order valence-corrected chi connectivity index (χ1v) is 7.39.